The molecule has 0 aromatic carbocycles. The molecule has 1 aromatic heterocycles. The molecule has 0 radical (unpaired) electrons. The highest BCUT2D eigenvalue weighted by atomic mass is 32.1. The second kappa shape index (κ2) is 7.32. The number of amides is 3. The molecule has 0 spiro atoms. The molecule has 0 fully saturated rings. The Morgan fingerprint density at radius 3 is 2.78 bits per heavy atom. The molecule has 0 aliphatic carbocycles. The maximum Gasteiger partial charge on any atom is 0.312 e. The Morgan fingerprint density at radius 2 is 2.11 bits per heavy atom. The Kier molecular flexibility index (Phi) is 5.70. The second-order valence-corrected chi connectivity index (χ2v) is 4.09. The number of urea groups is 1. The predicted octanol–water partition coefficient (Wildman–Crippen LogP) is -0.510. The lowest BCUT2D eigenvalue weighted by molar-refractivity contribution is 0.0957. The molecule has 1 heterocycles. The zero-order chi connectivity index (χ0) is 13.4. The fourth-order valence-corrected chi connectivity index (χ4v) is 1.93. The first-order valence-electron chi connectivity index (χ1n) is 5.14. The number of hydrogen-bond acceptors (Lipinski definition) is 4. The van der Waals surface area contributed by atoms with Crippen LogP contribution in [0.15, 0.2) is 11.4 Å². The van der Waals surface area contributed by atoms with Crippen molar-refractivity contribution in [2.75, 3.05) is 19.7 Å². The third-order valence-electron chi connectivity index (χ3n) is 1.88. The number of rotatable bonds is 4. The summed E-state index contributed by atoms with van der Waals surface area (Å²) in [5.41, 5.74) is 5.46. The highest BCUT2D eigenvalue weighted by molar-refractivity contribution is 7.12. The number of primary amides is 1. The lowest BCUT2D eigenvalue weighted by atomic mass is 10.2. The van der Waals surface area contributed by atoms with Gasteiger partial charge in [0, 0.05) is 18.7 Å². The zero-order valence-electron chi connectivity index (χ0n) is 9.53. The molecule has 1 rings (SSSR count). The summed E-state index contributed by atoms with van der Waals surface area (Å²) in [6.07, 6.45) is 0. The van der Waals surface area contributed by atoms with Crippen molar-refractivity contribution < 1.29 is 14.7 Å². The summed E-state index contributed by atoms with van der Waals surface area (Å²) in [5, 5.41) is 15.3. The summed E-state index contributed by atoms with van der Waals surface area (Å²) < 4.78 is 0. The van der Waals surface area contributed by atoms with Crippen LogP contribution in [-0.2, 0) is 0 Å². The van der Waals surface area contributed by atoms with E-state index in [0.29, 0.717) is 10.4 Å². The monoisotopic (exact) mass is 267 g/mol. The van der Waals surface area contributed by atoms with E-state index in [4.69, 9.17) is 10.8 Å². The molecule has 0 saturated carbocycles. The minimum atomic E-state index is -0.630. The van der Waals surface area contributed by atoms with Crippen LogP contribution < -0.4 is 16.4 Å². The number of nitrogens with two attached hydrogens (primary N) is 1. The molecule has 0 atom stereocenters. The molecule has 7 heteroatoms. The summed E-state index contributed by atoms with van der Waals surface area (Å²) in [5.74, 6) is 4.91. The van der Waals surface area contributed by atoms with E-state index in [2.05, 4.69) is 22.5 Å². The minimum Gasteiger partial charge on any atom is -0.384 e. The summed E-state index contributed by atoms with van der Waals surface area (Å²) in [4.78, 5) is 22.6. The normalized spacial score (nSPS) is 9.17. The van der Waals surface area contributed by atoms with Crippen molar-refractivity contribution in [2.45, 2.75) is 0 Å². The third kappa shape index (κ3) is 4.45. The van der Waals surface area contributed by atoms with Crippen LogP contribution in [0.4, 0.5) is 4.79 Å². The van der Waals surface area contributed by atoms with E-state index >= 15 is 0 Å². The van der Waals surface area contributed by atoms with E-state index in [1.807, 2.05) is 0 Å². The molecule has 0 aliphatic rings. The summed E-state index contributed by atoms with van der Waals surface area (Å²) in [6, 6.07) is 1.08. The van der Waals surface area contributed by atoms with Crippen molar-refractivity contribution >= 4 is 23.3 Å². The van der Waals surface area contributed by atoms with Crippen LogP contribution in [0.2, 0.25) is 0 Å². The van der Waals surface area contributed by atoms with Crippen molar-refractivity contribution in [3.05, 3.63) is 21.9 Å². The topological polar surface area (TPSA) is 104 Å². The van der Waals surface area contributed by atoms with Gasteiger partial charge in [0.1, 0.15) is 11.5 Å². The lowest BCUT2D eigenvalue weighted by Crippen LogP contribution is -2.37. The Balaban J connectivity index is 2.51. The van der Waals surface area contributed by atoms with Crippen molar-refractivity contribution in [1.82, 2.24) is 10.6 Å². The molecule has 96 valence electrons. The van der Waals surface area contributed by atoms with Gasteiger partial charge >= 0.3 is 6.03 Å². The number of aliphatic hydroxyl groups is 1. The van der Waals surface area contributed by atoms with Gasteiger partial charge in [0.2, 0.25) is 0 Å². The Labute approximate surface area is 108 Å². The predicted molar refractivity (Wildman–Crippen MR) is 68.2 cm³/mol. The van der Waals surface area contributed by atoms with Crippen LogP contribution in [0.1, 0.15) is 15.2 Å². The van der Waals surface area contributed by atoms with Gasteiger partial charge in [-0.2, -0.15) is 0 Å². The fourth-order valence-electron chi connectivity index (χ4n) is 1.16. The molecular formula is C11H13N3O3S. The molecule has 0 aliphatic heterocycles. The Morgan fingerprint density at radius 1 is 1.39 bits per heavy atom. The van der Waals surface area contributed by atoms with Gasteiger partial charge in [-0.25, -0.2) is 4.79 Å². The average molecular weight is 267 g/mol. The molecule has 18 heavy (non-hydrogen) atoms. The molecular weight excluding hydrogens is 254 g/mol. The van der Waals surface area contributed by atoms with Gasteiger partial charge in [0.05, 0.1) is 0 Å². The zero-order valence-corrected chi connectivity index (χ0v) is 10.3. The quantitative estimate of drug-likeness (QED) is 0.436. The van der Waals surface area contributed by atoms with Gasteiger partial charge in [-0.1, -0.05) is 11.8 Å². The van der Waals surface area contributed by atoms with Crippen LogP contribution in [0, 0.1) is 11.8 Å². The lowest BCUT2D eigenvalue weighted by Gasteiger charge is -2.04. The van der Waals surface area contributed by atoms with Crippen molar-refractivity contribution in [3.63, 3.8) is 0 Å². The Hall–Kier alpha value is -2.04. The molecule has 6 nitrogen and oxygen atoms in total. The number of aliphatic hydroxyl groups excluding tert-OH is 1. The third-order valence-corrected chi connectivity index (χ3v) is 2.80. The van der Waals surface area contributed by atoms with Crippen LogP contribution in [0.25, 0.3) is 0 Å². The van der Waals surface area contributed by atoms with E-state index in [1.165, 1.54) is 11.3 Å². The number of carbonyl (C=O) groups excluding carboxylic acids is 2. The fraction of sp³-hybridized carbons (Fsp3) is 0.273. The van der Waals surface area contributed by atoms with E-state index < -0.39 is 6.03 Å². The molecule has 0 unspecified atom stereocenters. The maximum absolute atomic E-state index is 11.8. The highest BCUT2D eigenvalue weighted by Crippen LogP contribution is 2.15. The molecule has 5 N–H and O–H groups in total. The minimum absolute atomic E-state index is 0.251. The molecule has 0 saturated heterocycles. The number of carbonyl (C=O) groups is 2. The first-order valence-corrected chi connectivity index (χ1v) is 6.02. The largest absolute Gasteiger partial charge is 0.384 e. The van der Waals surface area contributed by atoms with E-state index in [1.54, 1.807) is 11.4 Å². The van der Waals surface area contributed by atoms with Gasteiger partial charge < -0.3 is 21.5 Å². The van der Waals surface area contributed by atoms with Gasteiger partial charge in [-0.3, -0.25) is 4.79 Å². The average Bonchev–Trinajstić information content (AvgIpc) is 2.79. The Bertz CT molecular complexity index is 487. The van der Waals surface area contributed by atoms with E-state index in [-0.39, 0.29) is 25.6 Å². The van der Waals surface area contributed by atoms with Crippen molar-refractivity contribution in [1.29, 1.82) is 0 Å². The first-order chi connectivity index (χ1) is 8.65. The number of thiophene rings is 1. The summed E-state index contributed by atoms with van der Waals surface area (Å²) in [7, 11) is 0. The van der Waals surface area contributed by atoms with Gasteiger partial charge in [-0.15, -0.1) is 11.3 Å². The van der Waals surface area contributed by atoms with Gasteiger partial charge in [-0.05, 0) is 11.4 Å². The number of nitrogens with one attached hydrogen (secondary N) is 2. The molecule has 1 aromatic rings. The van der Waals surface area contributed by atoms with E-state index in [0.717, 1.165) is 0 Å². The summed E-state index contributed by atoms with van der Waals surface area (Å²) in [6.45, 7) is 0.302. The molecule has 3 amide bonds. The van der Waals surface area contributed by atoms with Crippen LogP contribution in [-0.4, -0.2) is 36.7 Å². The number of hydrogen-bond donors (Lipinski definition) is 4. The van der Waals surface area contributed by atoms with Crippen LogP contribution in [0.3, 0.4) is 0 Å². The SMILES string of the molecule is NC(=O)NCCNC(=O)c1sccc1C#CCO. The standard InChI is InChI=1S/C11H13N3O3S/c12-11(17)14-5-4-13-10(16)9-8(2-1-6-15)3-7-18-9/h3,7,15H,4-6H2,(H,13,16)(H3,12,14,17). The second-order valence-electron chi connectivity index (χ2n) is 3.17. The van der Waals surface area contributed by atoms with Crippen LogP contribution >= 0.6 is 11.3 Å². The maximum atomic E-state index is 11.8. The van der Waals surface area contributed by atoms with Crippen molar-refractivity contribution in [3.8, 4) is 11.8 Å². The highest BCUT2D eigenvalue weighted by Gasteiger charge is 2.10. The first kappa shape index (κ1) is 14.0. The molecule has 0 bridgehead atoms. The summed E-state index contributed by atoms with van der Waals surface area (Å²) >= 11 is 1.26. The van der Waals surface area contributed by atoms with E-state index in [9.17, 15) is 9.59 Å². The van der Waals surface area contributed by atoms with Crippen molar-refractivity contribution in [2.24, 2.45) is 5.73 Å². The van der Waals surface area contributed by atoms with Gasteiger partial charge in [0.15, 0.2) is 0 Å². The van der Waals surface area contributed by atoms with Crippen LogP contribution in [0.5, 0.6) is 0 Å². The van der Waals surface area contributed by atoms with Gasteiger partial charge in [0.25, 0.3) is 5.91 Å². The smallest absolute Gasteiger partial charge is 0.312 e.